The van der Waals surface area contributed by atoms with Crippen LogP contribution in [0.15, 0.2) is 18.2 Å². The van der Waals surface area contributed by atoms with Gasteiger partial charge in [0.25, 0.3) is 11.8 Å². The zero-order valence-electron chi connectivity index (χ0n) is 11.0. The van der Waals surface area contributed by atoms with Crippen LogP contribution >= 0.6 is 0 Å². The second-order valence-corrected chi connectivity index (χ2v) is 5.00. The highest BCUT2D eigenvalue weighted by atomic mass is 16.3. The number of benzene rings is 1. The molecule has 0 radical (unpaired) electrons. The normalized spacial score (nSPS) is 17.8. The Morgan fingerprint density at radius 2 is 1.95 bits per heavy atom. The van der Waals surface area contributed by atoms with Gasteiger partial charge in [0.2, 0.25) is 5.91 Å². The van der Waals surface area contributed by atoms with E-state index in [-0.39, 0.29) is 12.1 Å². The monoisotopic (exact) mass is 278 g/mol. The van der Waals surface area contributed by atoms with E-state index in [0.717, 1.165) is 4.90 Å². The molecule has 7 heteroatoms. The number of hydrogen-bond donors (Lipinski definition) is 3. The maximum Gasteiger partial charge on any atom is 0.259 e. The van der Waals surface area contributed by atoms with Crippen LogP contribution in [0.4, 0.5) is 0 Å². The minimum atomic E-state index is -1.23. The Bertz CT molecular complexity index is 609. The molecule has 0 unspecified atom stereocenters. The lowest BCUT2D eigenvalue weighted by Gasteiger charge is -2.40. The summed E-state index contributed by atoms with van der Waals surface area (Å²) in [5, 5.41) is 21.3. The number of phenolic OH excluding ortho intramolecular Hbond substituents is 2. The zero-order chi connectivity index (χ0) is 15.1. The van der Waals surface area contributed by atoms with Gasteiger partial charge < -0.3 is 15.1 Å². The van der Waals surface area contributed by atoms with Gasteiger partial charge >= 0.3 is 0 Å². The van der Waals surface area contributed by atoms with Crippen molar-refractivity contribution in [2.24, 2.45) is 0 Å². The highest BCUT2D eigenvalue weighted by Gasteiger charge is 2.44. The summed E-state index contributed by atoms with van der Waals surface area (Å²) in [4.78, 5) is 36.7. The van der Waals surface area contributed by atoms with Crippen molar-refractivity contribution in [3.63, 3.8) is 0 Å². The number of aromatic hydroxyl groups is 2. The van der Waals surface area contributed by atoms with E-state index in [2.05, 4.69) is 5.32 Å². The molecule has 0 saturated carbocycles. The van der Waals surface area contributed by atoms with Crippen LogP contribution in [0.2, 0.25) is 0 Å². The topological polar surface area (TPSA) is 107 Å². The molecule has 1 aliphatic rings. The van der Waals surface area contributed by atoms with Crippen LogP contribution in [0.1, 0.15) is 24.2 Å². The summed E-state index contributed by atoms with van der Waals surface area (Å²) < 4.78 is 0. The van der Waals surface area contributed by atoms with Gasteiger partial charge in [-0.25, -0.2) is 0 Å². The number of piperazine rings is 1. The molecule has 1 aromatic rings. The van der Waals surface area contributed by atoms with Crippen molar-refractivity contribution in [1.29, 1.82) is 0 Å². The second kappa shape index (κ2) is 4.52. The minimum absolute atomic E-state index is 0.166. The van der Waals surface area contributed by atoms with Crippen molar-refractivity contribution in [3.8, 4) is 11.5 Å². The largest absolute Gasteiger partial charge is 0.504 e. The summed E-state index contributed by atoms with van der Waals surface area (Å²) in [6, 6.07) is 3.93. The molecule has 3 amide bonds. The molecule has 7 nitrogen and oxygen atoms in total. The van der Waals surface area contributed by atoms with E-state index in [1.54, 1.807) is 0 Å². The van der Waals surface area contributed by atoms with Crippen LogP contribution < -0.4 is 5.32 Å². The van der Waals surface area contributed by atoms with E-state index >= 15 is 0 Å². The molecule has 20 heavy (non-hydrogen) atoms. The Balaban J connectivity index is 2.43. The molecule has 1 aliphatic heterocycles. The summed E-state index contributed by atoms with van der Waals surface area (Å²) >= 11 is 0. The van der Waals surface area contributed by atoms with Crippen LogP contribution in [-0.4, -0.2) is 44.9 Å². The van der Waals surface area contributed by atoms with E-state index in [4.69, 9.17) is 0 Å². The molecule has 0 aliphatic carbocycles. The number of para-hydroxylation sites is 1. The Labute approximate surface area is 114 Å². The Morgan fingerprint density at radius 1 is 1.30 bits per heavy atom. The first-order chi connectivity index (χ1) is 9.25. The average Bonchev–Trinajstić information content (AvgIpc) is 2.37. The maximum absolute atomic E-state index is 12.4. The Morgan fingerprint density at radius 3 is 2.60 bits per heavy atom. The third kappa shape index (κ3) is 2.07. The summed E-state index contributed by atoms with van der Waals surface area (Å²) in [6.45, 7) is 2.69. The number of rotatable bonds is 1. The zero-order valence-corrected chi connectivity index (χ0v) is 11.0. The second-order valence-electron chi connectivity index (χ2n) is 5.00. The SMILES string of the molecule is CC1(C)C(=O)NC(=O)CN1C(=O)c1cccc(O)c1O. The molecule has 0 atom stereocenters. The van der Waals surface area contributed by atoms with E-state index in [1.807, 2.05) is 0 Å². The number of nitrogens with one attached hydrogen (secondary N) is 1. The van der Waals surface area contributed by atoms with E-state index in [0.29, 0.717) is 0 Å². The molecule has 0 bridgehead atoms. The molecule has 106 valence electrons. The fourth-order valence-corrected chi connectivity index (χ4v) is 1.96. The lowest BCUT2D eigenvalue weighted by molar-refractivity contribution is -0.143. The Kier molecular flexibility index (Phi) is 3.13. The van der Waals surface area contributed by atoms with E-state index in [1.165, 1.54) is 32.0 Å². The van der Waals surface area contributed by atoms with Crippen LogP contribution in [0, 0.1) is 0 Å². The van der Waals surface area contributed by atoms with Crippen LogP contribution in [0.5, 0.6) is 11.5 Å². The lowest BCUT2D eigenvalue weighted by atomic mass is 9.97. The molecule has 1 heterocycles. The first-order valence-corrected chi connectivity index (χ1v) is 5.92. The van der Waals surface area contributed by atoms with Crippen molar-refractivity contribution >= 4 is 17.7 Å². The average molecular weight is 278 g/mol. The molecule has 0 spiro atoms. The van der Waals surface area contributed by atoms with Gasteiger partial charge in [-0.15, -0.1) is 0 Å². The highest BCUT2D eigenvalue weighted by molar-refractivity contribution is 6.09. The number of amides is 3. The van der Waals surface area contributed by atoms with Crippen molar-refractivity contribution in [1.82, 2.24) is 10.2 Å². The summed E-state index contributed by atoms with van der Waals surface area (Å²) in [7, 11) is 0. The predicted molar refractivity (Wildman–Crippen MR) is 68.0 cm³/mol. The maximum atomic E-state index is 12.4. The number of phenols is 2. The molecule has 1 aromatic carbocycles. The number of imide groups is 1. The van der Waals surface area contributed by atoms with Gasteiger partial charge in [0.15, 0.2) is 11.5 Å². The summed E-state index contributed by atoms with van der Waals surface area (Å²) in [5.74, 6) is -2.91. The van der Waals surface area contributed by atoms with E-state index < -0.39 is 34.8 Å². The molecule has 1 saturated heterocycles. The third-order valence-corrected chi connectivity index (χ3v) is 3.28. The van der Waals surface area contributed by atoms with Crippen molar-refractivity contribution in [2.75, 3.05) is 6.54 Å². The van der Waals surface area contributed by atoms with Crippen molar-refractivity contribution in [3.05, 3.63) is 23.8 Å². The Hall–Kier alpha value is -2.57. The van der Waals surface area contributed by atoms with Crippen molar-refractivity contribution < 1.29 is 24.6 Å². The number of nitrogens with zero attached hydrogens (tertiary/aromatic N) is 1. The van der Waals surface area contributed by atoms with E-state index in [9.17, 15) is 24.6 Å². The lowest BCUT2D eigenvalue weighted by Crippen LogP contribution is -2.65. The highest BCUT2D eigenvalue weighted by Crippen LogP contribution is 2.31. The molecule has 2 rings (SSSR count). The fraction of sp³-hybridized carbons (Fsp3) is 0.308. The number of hydrogen-bond acceptors (Lipinski definition) is 5. The summed E-state index contributed by atoms with van der Waals surface area (Å²) in [5.41, 5.74) is -1.40. The van der Waals surface area contributed by atoms with Gasteiger partial charge in [0, 0.05) is 0 Å². The van der Waals surface area contributed by atoms with Gasteiger partial charge in [0.05, 0.1) is 5.56 Å². The first kappa shape index (κ1) is 13.9. The van der Waals surface area contributed by atoms with Gasteiger partial charge in [-0.05, 0) is 26.0 Å². The first-order valence-electron chi connectivity index (χ1n) is 5.92. The molecular weight excluding hydrogens is 264 g/mol. The smallest absolute Gasteiger partial charge is 0.259 e. The molecule has 3 N–H and O–H groups in total. The van der Waals surface area contributed by atoms with Crippen LogP contribution in [-0.2, 0) is 9.59 Å². The van der Waals surface area contributed by atoms with Gasteiger partial charge in [-0.3, -0.25) is 19.7 Å². The molecular formula is C13H14N2O5. The standard InChI is InChI=1S/C13H14N2O5/c1-13(2)12(20)14-9(17)6-15(13)11(19)7-4-3-5-8(16)10(7)18/h3-5,16,18H,6H2,1-2H3,(H,14,17,20). The summed E-state index contributed by atoms with van der Waals surface area (Å²) in [6.07, 6.45) is 0. The molecule has 1 fully saturated rings. The third-order valence-electron chi connectivity index (χ3n) is 3.28. The van der Waals surface area contributed by atoms with Crippen LogP contribution in [0.25, 0.3) is 0 Å². The number of carbonyl (C=O) groups excluding carboxylic acids is 3. The fourth-order valence-electron chi connectivity index (χ4n) is 1.96. The van der Waals surface area contributed by atoms with Gasteiger partial charge in [-0.1, -0.05) is 6.07 Å². The minimum Gasteiger partial charge on any atom is -0.504 e. The quantitative estimate of drug-likeness (QED) is 0.494. The van der Waals surface area contributed by atoms with Crippen molar-refractivity contribution in [2.45, 2.75) is 19.4 Å². The van der Waals surface area contributed by atoms with Gasteiger partial charge in [0.1, 0.15) is 12.1 Å². The molecule has 0 aromatic heterocycles. The predicted octanol–water partition coefficient (Wildman–Crippen LogP) is -0.0250. The number of carbonyl (C=O) groups is 3. The van der Waals surface area contributed by atoms with Gasteiger partial charge in [-0.2, -0.15) is 0 Å². The van der Waals surface area contributed by atoms with Crippen LogP contribution in [0.3, 0.4) is 0 Å².